The molecule has 118 valence electrons. The standard InChI is InChI=1S/C14H22N2O3S2/c1-9-6-13(11(3)20-9)10(2)16-14(17)7-12-8-21(18,19)5-4-15-12/h6,10,12,15H,4-5,7-8H2,1-3H3,(H,16,17). The smallest absolute Gasteiger partial charge is 0.222 e. The normalized spacial score (nSPS) is 22.7. The van der Waals surface area contributed by atoms with Gasteiger partial charge < -0.3 is 10.6 Å². The Morgan fingerprint density at radius 3 is 2.81 bits per heavy atom. The molecule has 1 saturated heterocycles. The fourth-order valence-electron chi connectivity index (χ4n) is 2.68. The lowest BCUT2D eigenvalue weighted by atomic mass is 10.1. The van der Waals surface area contributed by atoms with Gasteiger partial charge in [-0.3, -0.25) is 4.79 Å². The first-order valence-corrected chi connectivity index (χ1v) is 9.71. The van der Waals surface area contributed by atoms with Crippen LogP contribution < -0.4 is 10.6 Å². The maximum Gasteiger partial charge on any atom is 0.222 e. The summed E-state index contributed by atoms with van der Waals surface area (Å²) in [5.41, 5.74) is 1.13. The van der Waals surface area contributed by atoms with Crippen molar-refractivity contribution in [2.24, 2.45) is 0 Å². The first kappa shape index (κ1) is 16.5. The SMILES string of the molecule is Cc1cc(C(C)NC(=O)CC2CS(=O)(=O)CCN2)c(C)s1. The van der Waals surface area contributed by atoms with E-state index in [0.717, 1.165) is 5.56 Å². The lowest BCUT2D eigenvalue weighted by Gasteiger charge is -2.24. The monoisotopic (exact) mass is 330 g/mol. The van der Waals surface area contributed by atoms with Gasteiger partial charge in [0.2, 0.25) is 5.91 Å². The van der Waals surface area contributed by atoms with Crippen LogP contribution in [0.2, 0.25) is 0 Å². The Balaban J connectivity index is 1.91. The minimum atomic E-state index is -3.00. The fraction of sp³-hybridized carbons (Fsp3) is 0.643. The second kappa shape index (κ2) is 6.46. The van der Waals surface area contributed by atoms with Gasteiger partial charge in [0.25, 0.3) is 0 Å². The number of rotatable bonds is 4. The molecule has 0 saturated carbocycles. The second-order valence-corrected chi connectivity index (χ2v) is 9.32. The van der Waals surface area contributed by atoms with Crippen molar-refractivity contribution in [3.05, 3.63) is 21.4 Å². The van der Waals surface area contributed by atoms with Crippen LogP contribution in [-0.2, 0) is 14.6 Å². The zero-order valence-electron chi connectivity index (χ0n) is 12.6. The van der Waals surface area contributed by atoms with E-state index in [1.165, 1.54) is 9.75 Å². The van der Waals surface area contributed by atoms with Crippen molar-refractivity contribution in [2.75, 3.05) is 18.1 Å². The molecule has 0 spiro atoms. The predicted molar refractivity (Wildman–Crippen MR) is 85.4 cm³/mol. The molecule has 2 rings (SSSR count). The lowest BCUT2D eigenvalue weighted by Crippen LogP contribution is -2.47. The van der Waals surface area contributed by atoms with Gasteiger partial charge in [0.05, 0.1) is 17.5 Å². The largest absolute Gasteiger partial charge is 0.349 e. The molecule has 0 bridgehead atoms. The van der Waals surface area contributed by atoms with Crippen LogP contribution >= 0.6 is 11.3 Å². The molecule has 0 aromatic carbocycles. The molecule has 2 atom stereocenters. The first-order chi connectivity index (χ1) is 9.77. The van der Waals surface area contributed by atoms with Crippen LogP contribution in [0.15, 0.2) is 6.07 Å². The third-order valence-electron chi connectivity index (χ3n) is 3.66. The Morgan fingerprint density at radius 1 is 1.52 bits per heavy atom. The van der Waals surface area contributed by atoms with E-state index in [4.69, 9.17) is 0 Å². The van der Waals surface area contributed by atoms with Crippen LogP contribution in [0.25, 0.3) is 0 Å². The van der Waals surface area contributed by atoms with Crippen molar-refractivity contribution < 1.29 is 13.2 Å². The highest BCUT2D eigenvalue weighted by molar-refractivity contribution is 7.91. The molecule has 2 unspecified atom stereocenters. The highest BCUT2D eigenvalue weighted by atomic mass is 32.2. The van der Waals surface area contributed by atoms with Gasteiger partial charge in [-0.25, -0.2) is 8.42 Å². The third-order valence-corrected chi connectivity index (χ3v) is 6.37. The molecule has 21 heavy (non-hydrogen) atoms. The Kier molecular flexibility index (Phi) is 5.06. The summed E-state index contributed by atoms with van der Waals surface area (Å²) < 4.78 is 23.1. The van der Waals surface area contributed by atoms with Gasteiger partial charge in [-0.05, 0) is 32.4 Å². The van der Waals surface area contributed by atoms with Crippen molar-refractivity contribution in [1.82, 2.24) is 10.6 Å². The summed E-state index contributed by atoms with van der Waals surface area (Å²) >= 11 is 1.72. The van der Waals surface area contributed by atoms with Gasteiger partial charge in [-0.2, -0.15) is 0 Å². The van der Waals surface area contributed by atoms with Crippen LogP contribution in [0, 0.1) is 13.8 Å². The molecular formula is C14H22N2O3S2. The Hall–Kier alpha value is -0.920. The average Bonchev–Trinajstić information content (AvgIpc) is 2.66. The van der Waals surface area contributed by atoms with E-state index >= 15 is 0 Å². The van der Waals surface area contributed by atoms with Crippen LogP contribution in [-0.4, -0.2) is 38.4 Å². The molecule has 1 aromatic rings. The summed E-state index contributed by atoms with van der Waals surface area (Å²) in [5, 5.41) is 6.05. The number of hydrogen-bond donors (Lipinski definition) is 2. The molecule has 7 heteroatoms. The quantitative estimate of drug-likeness (QED) is 0.873. The zero-order chi connectivity index (χ0) is 15.6. The number of carbonyl (C=O) groups excluding carboxylic acids is 1. The summed E-state index contributed by atoms with van der Waals surface area (Å²) in [4.78, 5) is 14.5. The first-order valence-electron chi connectivity index (χ1n) is 7.07. The number of hydrogen-bond acceptors (Lipinski definition) is 5. The van der Waals surface area contributed by atoms with Gasteiger partial charge in [-0.1, -0.05) is 0 Å². The van der Waals surface area contributed by atoms with Crippen molar-refractivity contribution in [3.63, 3.8) is 0 Å². The summed E-state index contributed by atoms with van der Waals surface area (Å²) in [6.07, 6.45) is 0.200. The second-order valence-electron chi connectivity index (χ2n) is 5.63. The van der Waals surface area contributed by atoms with Crippen LogP contribution in [0.4, 0.5) is 0 Å². The van der Waals surface area contributed by atoms with E-state index in [1.807, 2.05) is 20.8 Å². The van der Waals surface area contributed by atoms with Crippen molar-refractivity contribution in [1.29, 1.82) is 0 Å². The summed E-state index contributed by atoms with van der Waals surface area (Å²) in [5.74, 6) is 0.0978. The highest BCUT2D eigenvalue weighted by Crippen LogP contribution is 2.26. The molecule has 2 N–H and O–H groups in total. The van der Waals surface area contributed by atoms with E-state index in [-0.39, 0.29) is 35.9 Å². The molecule has 0 aliphatic carbocycles. The fourth-order valence-corrected chi connectivity index (χ4v) is 5.15. The lowest BCUT2D eigenvalue weighted by molar-refractivity contribution is -0.122. The van der Waals surface area contributed by atoms with Gasteiger partial charge in [-0.15, -0.1) is 11.3 Å². The summed E-state index contributed by atoms with van der Waals surface area (Å²) in [7, 11) is -3.00. The van der Waals surface area contributed by atoms with E-state index in [2.05, 4.69) is 16.7 Å². The number of amides is 1. The molecule has 1 aliphatic heterocycles. The number of sulfone groups is 1. The van der Waals surface area contributed by atoms with Crippen molar-refractivity contribution in [2.45, 2.75) is 39.3 Å². The molecule has 0 radical (unpaired) electrons. The maximum atomic E-state index is 12.1. The average molecular weight is 330 g/mol. The molecule has 5 nitrogen and oxygen atoms in total. The molecule has 1 aromatic heterocycles. The van der Waals surface area contributed by atoms with E-state index in [9.17, 15) is 13.2 Å². The highest BCUT2D eigenvalue weighted by Gasteiger charge is 2.26. The molecule has 1 aliphatic rings. The Labute approximate surface area is 130 Å². The number of aryl methyl sites for hydroxylation is 2. The predicted octanol–water partition coefficient (Wildman–Crippen LogP) is 1.32. The Bertz CT molecular complexity index is 622. The molecule has 2 heterocycles. The van der Waals surface area contributed by atoms with Gasteiger partial charge in [0.15, 0.2) is 9.84 Å². The Morgan fingerprint density at radius 2 is 2.24 bits per heavy atom. The minimum absolute atomic E-state index is 0.0470. The van der Waals surface area contributed by atoms with Crippen molar-refractivity contribution in [3.8, 4) is 0 Å². The molecular weight excluding hydrogens is 308 g/mol. The van der Waals surface area contributed by atoms with E-state index < -0.39 is 9.84 Å². The molecule has 1 amide bonds. The van der Waals surface area contributed by atoms with Crippen LogP contribution in [0.5, 0.6) is 0 Å². The summed E-state index contributed by atoms with van der Waals surface area (Å²) in [6, 6.07) is 1.76. The van der Waals surface area contributed by atoms with Gasteiger partial charge in [0.1, 0.15) is 0 Å². The van der Waals surface area contributed by atoms with E-state index in [1.54, 1.807) is 11.3 Å². The number of thiophene rings is 1. The zero-order valence-corrected chi connectivity index (χ0v) is 14.2. The van der Waals surface area contributed by atoms with E-state index in [0.29, 0.717) is 6.54 Å². The topological polar surface area (TPSA) is 75.3 Å². The van der Waals surface area contributed by atoms with Gasteiger partial charge >= 0.3 is 0 Å². The summed E-state index contributed by atoms with van der Waals surface area (Å²) in [6.45, 7) is 6.48. The van der Waals surface area contributed by atoms with Crippen molar-refractivity contribution >= 4 is 27.1 Å². The van der Waals surface area contributed by atoms with Gasteiger partial charge in [0, 0.05) is 28.8 Å². The third kappa shape index (κ3) is 4.52. The minimum Gasteiger partial charge on any atom is -0.349 e. The molecule has 1 fully saturated rings. The van der Waals surface area contributed by atoms with Crippen LogP contribution in [0.1, 0.15) is 34.7 Å². The maximum absolute atomic E-state index is 12.1. The number of nitrogens with one attached hydrogen (secondary N) is 2. The number of carbonyl (C=O) groups is 1. The van der Waals surface area contributed by atoms with Crippen LogP contribution in [0.3, 0.4) is 0 Å².